The highest BCUT2D eigenvalue weighted by molar-refractivity contribution is 5.98. The highest BCUT2D eigenvalue weighted by Gasteiger charge is 2.39. The third kappa shape index (κ3) is 4.39. The fourth-order valence-electron chi connectivity index (χ4n) is 3.57. The summed E-state index contributed by atoms with van der Waals surface area (Å²) in [7, 11) is 0. The number of fused-ring (bicyclic) bond motifs is 1. The second-order valence-corrected chi connectivity index (χ2v) is 8.91. The molecular weight excluding hydrogens is 388 g/mol. The van der Waals surface area contributed by atoms with Crippen LogP contribution in [0.15, 0.2) is 27.8 Å². The third-order valence-corrected chi connectivity index (χ3v) is 5.10. The van der Waals surface area contributed by atoms with Crippen LogP contribution >= 0.6 is 0 Å². The lowest BCUT2D eigenvalue weighted by molar-refractivity contribution is 0.0281. The summed E-state index contributed by atoms with van der Waals surface area (Å²) in [6.07, 6.45) is 0.180. The van der Waals surface area contributed by atoms with Gasteiger partial charge in [-0.25, -0.2) is 9.59 Å². The first-order chi connectivity index (χ1) is 13.9. The summed E-state index contributed by atoms with van der Waals surface area (Å²) >= 11 is 0. The number of hydrogen-bond acceptors (Lipinski definition) is 5. The number of nitrogens with one attached hydrogen (secondary N) is 2. The van der Waals surface area contributed by atoms with E-state index in [1.807, 2.05) is 6.92 Å². The first-order valence-electron chi connectivity index (χ1n) is 10.00. The number of rotatable bonds is 3. The highest BCUT2D eigenvalue weighted by Crippen LogP contribution is 2.23. The van der Waals surface area contributed by atoms with Crippen LogP contribution in [0.5, 0.6) is 0 Å². The van der Waals surface area contributed by atoms with Gasteiger partial charge in [0, 0.05) is 25.2 Å². The van der Waals surface area contributed by atoms with Gasteiger partial charge in [-0.05, 0) is 59.2 Å². The van der Waals surface area contributed by atoms with Crippen molar-refractivity contribution in [3.63, 3.8) is 0 Å². The third-order valence-electron chi connectivity index (χ3n) is 5.10. The Labute approximate surface area is 174 Å². The number of benzene rings is 1. The number of aromatic nitrogens is 2. The molecule has 0 saturated carbocycles. The quantitative estimate of drug-likeness (QED) is 0.793. The van der Waals surface area contributed by atoms with E-state index in [1.165, 1.54) is 6.07 Å². The smallest absolute Gasteiger partial charge is 0.410 e. The van der Waals surface area contributed by atoms with E-state index >= 15 is 0 Å². The van der Waals surface area contributed by atoms with E-state index in [2.05, 4.69) is 10.3 Å². The molecule has 9 nitrogen and oxygen atoms in total. The van der Waals surface area contributed by atoms with Gasteiger partial charge in [0.1, 0.15) is 5.60 Å². The summed E-state index contributed by atoms with van der Waals surface area (Å²) in [4.78, 5) is 53.8. The Bertz CT molecular complexity index is 1110. The van der Waals surface area contributed by atoms with Gasteiger partial charge in [-0.1, -0.05) is 0 Å². The molecular formula is C21H28N4O5. The summed E-state index contributed by atoms with van der Waals surface area (Å²) in [5, 5.41) is 3.32. The average Bonchev–Trinajstić information content (AvgIpc) is 3.02. The maximum Gasteiger partial charge on any atom is 0.410 e. The van der Waals surface area contributed by atoms with E-state index in [-0.39, 0.29) is 18.0 Å². The molecule has 2 N–H and O–H groups in total. The van der Waals surface area contributed by atoms with Gasteiger partial charge < -0.3 is 19.9 Å². The van der Waals surface area contributed by atoms with Gasteiger partial charge in [0.15, 0.2) is 0 Å². The van der Waals surface area contributed by atoms with E-state index in [9.17, 15) is 19.2 Å². The Morgan fingerprint density at radius 2 is 1.97 bits per heavy atom. The number of ether oxygens (including phenoxy) is 1. The topological polar surface area (TPSA) is 114 Å². The van der Waals surface area contributed by atoms with Crippen molar-refractivity contribution in [2.45, 2.75) is 58.7 Å². The van der Waals surface area contributed by atoms with Gasteiger partial charge in [-0.2, -0.15) is 0 Å². The number of likely N-dealkylation sites (tertiary alicyclic amines) is 1. The maximum atomic E-state index is 12.8. The standard InChI is InChI=1S/C21H28N4O5/c1-6-25-17(27)14-8-7-13(11-15(14)22-18(25)28)16(26)23-21(5)9-10-24(12-21)19(29)30-20(2,3)4/h7-8,11H,6,9-10,12H2,1-5H3,(H,22,28)(H,23,26). The van der Waals surface area contributed by atoms with Crippen molar-refractivity contribution in [1.29, 1.82) is 0 Å². The van der Waals surface area contributed by atoms with Gasteiger partial charge in [0.2, 0.25) is 0 Å². The molecule has 1 aromatic heterocycles. The number of aromatic amines is 1. The predicted octanol–water partition coefficient (Wildman–Crippen LogP) is 1.84. The van der Waals surface area contributed by atoms with Crippen LogP contribution in [0.1, 0.15) is 51.4 Å². The van der Waals surface area contributed by atoms with Crippen LogP contribution in [0.2, 0.25) is 0 Å². The molecule has 1 aliphatic heterocycles. The number of carbonyl (C=O) groups is 2. The van der Waals surface area contributed by atoms with Gasteiger partial charge in [0.25, 0.3) is 11.5 Å². The lowest BCUT2D eigenvalue weighted by Crippen LogP contribution is -2.49. The number of hydrogen-bond donors (Lipinski definition) is 2. The van der Waals surface area contributed by atoms with E-state index in [0.29, 0.717) is 36.0 Å². The molecule has 2 aromatic rings. The van der Waals surface area contributed by atoms with Crippen molar-refractivity contribution in [3.05, 3.63) is 44.6 Å². The van der Waals surface area contributed by atoms with E-state index in [0.717, 1.165) is 4.57 Å². The van der Waals surface area contributed by atoms with Crippen molar-refractivity contribution >= 4 is 22.9 Å². The molecule has 0 bridgehead atoms. The predicted molar refractivity (Wildman–Crippen MR) is 113 cm³/mol. The van der Waals surface area contributed by atoms with Gasteiger partial charge in [0.05, 0.1) is 16.4 Å². The zero-order valence-electron chi connectivity index (χ0n) is 18.0. The molecule has 0 radical (unpaired) electrons. The van der Waals surface area contributed by atoms with E-state index in [4.69, 9.17) is 4.74 Å². The lowest BCUT2D eigenvalue weighted by Gasteiger charge is -2.28. The summed E-state index contributed by atoms with van der Waals surface area (Å²) in [6.45, 7) is 10.1. The molecule has 3 rings (SSSR count). The maximum absolute atomic E-state index is 12.8. The van der Waals surface area contributed by atoms with Gasteiger partial charge in [-0.3, -0.25) is 14.2 Å². The second-order valence-electron chi connectivity index (χ2n) is 8.91. The average molecular weight is 416 g/mol. The molecule has 1 aliphatic rings. The molecule has 1 saturated heterocycles. The van der Waals surface area contributed by atoms with Crippen LogP contribution < -0.4 is 16.6 Å². The number of H-pyrrole nitrogens is 1. The lowest BCUT2D eigenvalue weighted by atomic mass is 10.0. The van der Waals surface area contributed by atoms with E-state index in [1.54, 1.807) is 44.7 Å². The summed E-state index contributed by atoms with van der Waals surface area (Å²) in [6, 6.07) is 4.59. The van der Waals surface area contributed by atoms with Crippen molar-refractivity contribution < 1.29 is 14.3 Å². The van der Waals surface area contributed by atoms with E-state index < -0.39 is 22.9 Å². The molecule has 0 spiro atoms. The van der Waals surface area contributed by atoms with Crippen LogP contribution in [-0.4, -0.2) is 50.7 Å². The molecule has 9 heteroatoms. The molecule has 1 fully saturated rings. The molecule has 2 heterocycles. The minimum atomic E-state index is -0.609. The molecule has 1 atom stereocenters. The zero-order chi connectivity index (χ0) is 22.3. The molecule has 0 aliphatic carbocycles. The summed E-state index contributed by atoms with van der Waals surface area (Å²) in [5.41, 5.74) is -1.46. The Hall–Kier alpha value is -3.10. The van der Waals surface area contributed by atoms with Gasteiger partial charge >= 0.3 is 11.8 Å². The number of nitrogens with zero attached hydrogens (tertiary/aromatic N) is 2. The van der Waals surface area contributed by atoms with Crippen LogP contribution in [0.4, 0.5) is 4.79 Å². The molecule has 2 amide bonds. The SMILES string of the molecule is CCn1c(=O)[nH]c2cc(C(=O)NC3(C)CCN(C(=O)OC(C)(C)C)C3)ccc2c1=O. The van der Waals surface area contributed by atoms with Crippen molar-refractivity contribution in [2.24, 2.45) is 0 Å². The Kier molecular flexibility index (Phi) is 5.49. The van der Waals surface area contributed by atoms with Crippen LogP contribution in [-0.2, 0) is 11.3 Å². The highest BCUT2D eigenvalue weighted by atomic mass is 16.6. The van der Waals surface area contributed by atoms with Crippen molar-refractivity contribution in [2.75, 3.05) is 13.1 Å². The summed E-state index contributed by atoms with van der Waals surface area (Å²) in [5.74, 6) is -0.342. The minimum Gasteiger partial charge on any atom is -0.444 e. The Morgan fingerprint density at radius 3 is 2.60 bits per heavy atom. The number of amides is 2. The van der Waals surface area contributed by atoms with Gasteiger partial charge in [-0.15, -0.1) is 0 Å². The monoisotopic (exact) mass is 416 g/mol. The summed E-state index contributed by atoms with van der Waals surface area (Å²) < 4.78 is 6.51. The largest absolute Gasteiger partial charge is 0.444 e. The molecule has 30 heavy (non-hydrogen) atoms. The van der Waals surface area contributed by atoms with Crippen LogP contribution in [0, 0.1) is 0 Å². The minimum absolute atomic E-state index is 0.263. The fraction of sp³-hybridized carbons (Fsp3) is 0.524. The van der Waals surface area contributed by atoms with Crippen LogP contribution in [0.25, 0.3) is 10.9 Å². The Morgan fingerprint density at radius 1 is 1.27 bits per heavy atom. The zero-order valence-corrected chi connectivity index (χ0v) is 18.0. The first-order valence-corrected chi connectivity index (χ1v) is 10.00. The fourth-order valence-corrected chi connectivity index (χ4v) is 3.57. The normalized spacial score (nSPS) is 19.2. The molecule has 1 unspecified atom stereocenters. The first kappa shape index (κ1) is 21.6. The molecule has 162 valence electrons. The number of carbonyl (C=O) groups excluding carboxylic acids is 2. The Balaban J connectivity index is 1.77. The van der Waals surface area contributed by atoms with Crippen molar-refractivity contribution in [3.8, 4) is 0 Å². The second kappa shape index (κ2) is 7.62. The van der Waals surface area contributed by atoms with Crippen LogP contribution in [0.3, 0.4) is 0 Å². The van der Waals surface area contributed by atoms with Crippen molar-refractivity contribution in [1.82, 2.24) is 19.8 Å². The molecule has 1 aromatic carbocycles.